The molecule has 0 atom stereocenters. The Bertz CT molecular complexity index is 813. The van der Waals surface area contributed by atoms with Crippen molar-refractivity contribution < 1.29 is 4.92 Å². The molecule has 0 radical (unpaired) electrons. The number of fused-ring (bicyclic) bond motifs is 1. The Labute approximate surface area is 121 Å². The standard InChI is InChI=1S/C12H8BrN5O2/c13-9-10(7-1-3-8(4-2-7)18(19)20)16-17-6-5-15-12(14)11(9)17/h1-6H,(H2,14,15). The van der Waals surface area contributed by atoms with Crippen LogP contribution in [-0.2, 0) is 0 Å². The minimum atomic E-state index is -0.440. The third kappa shape index (κ3) is 1.90. The van der Waals surface area contributed by atoms with E-state index in [1.807, 2.05) is 0 Å². The number of nitrogens with two attached hydrogens (primary N) is 1. The van der Waals surface area contributed by atoms with E-state index in [0.717, 1.165) is 5.56 Å². The number of nitrogen functional groups attached to an aromatic ring is 1. The van der Waals surface area contributed by atoms with Crippen molar-refractivity contribution in [2.24, 2.45) is 0 Å². The Morgan fingerprint density at radius 1 is 1.30 bits per heavy atom. The van der Waals surface area contributed by atoms with Crippen molar-refractivity contribution in [1.29, 1.82) is 0 Å². The van der Waals surface area contributed by atoms with Crippen LogP contribution < -0.4 is 5.73 Å². The van der Waals surface area contributed by atoms with Crippen LogP contribution in [0.2, 0.25) is 0 Å². The van der Waals surface area contributed by atoms with Crippen LogP contribution in [0.1, 0.15) is 0 Å². The van der Waals surface area contributed by atoms with E-state index in [1.54, 1.807) is 29.0 Å². The largest absolute Gasteiger partial charge is 0.382 e. The summed E-state index contributed by atoms with van der Waals surface area (Å²) in [5.41, 5.74) is 7.93. The summed E-state index contributed by atoms with van der Waals surface area (Å²) in [6.45, 7) is 0. The molecule has 3 aromatic rings. The van der Waals surface area contributed by atoms with Crippen LogP contribution in [0.4, 0.5) is 11.5 Å². The first-order valence-electron chi connectivity index (χ1n) is 5.61. The Morgan fingerprint density at radius 2 is 2.00 bits per heavy atom. The van der Waals surface area contributed by atoms with Gasteiger partial charge in [0.2, 0.25) is 0 Å². The van der Waals surface area contributed by atoms with Gasteiger partial charge in [-0.3, -0.25) is 10.1 Å². The average Bonchev–Trinajstić information content (AvgIpc) is 2.77. The molecule has 0 saturated carbocycles. The molecule has 2 aromatic heterocycles. The Kier molecular flexibility index (Phi) is 2.87. The van der Waals surface area contributed by atoms with Crippen molar-refractivity contribution in [3.63, 3.8) is 0 Å². The summed E-state index contributed by atoms with van der Waals surface area (Å²) in [5.74, 6) is 0.361. The van der Waals surface area contributed by atoms with Gasteiger partial charge in [-0.05, 0) is 28.1 Å². The highest BCUT2D eigenvalue weighted by Gasteiger charge is 2.15. The number of benzene rings is 1. The second-order valence-electron chi connectivity index (χ2n) is 4.07. The summed E-state index contributed by atoms with van der Waals surface area (Å²) >= 11 is 3.45. The Hall–Kier alpha value is -2.48. The van der Waals surface area contributed by atoms with Gasteiger partial charge >= 0.3 is 0 Å². The van der Waals surface area contributed by atoms with Gasteiger partial charge in [0.05, 0.1) is 9.40 Å². The van der Waals surface area contributed by atoms with Gasteiger partial charge < -0.3 is 5.73 Å². The van der Waals surface area contributed by atoms with E-state index in [9.17, 15) is 10.1 Å². The number of aromatic nitrogens is 3. The van der Waals surface area contributed by atoms with Crippen molar-refractivity contribution >= 4 is 33.0 Å². The molecular formula is C12H8BrN5O2. The molecule has 2 heterocycles. The number of non-ortho nitro benzene ring substituents is 1. The van der Waals surface area contributed by atoms with Crippen LogP contribution >= 0.6 is 15.9 Å². The van der Waals surface area contributed by atoms with Crippen molar-refractivity contribution in [3.05, 3.63) is 51.2 Å². The molecular weight excluding hydrogens is 326 g/mol. The molecule has 3 rings (SSSR count). The van der Waals surface area contributed by atoms with E-state index in [4.69, 9.17) is 5.73 Å². The lowest BCUT2D eigenvalue weighted by Crippen LogP contribution is -1.95. The molecule has 100 valence electrons. The minimum Gasteiger partial charge on any atom is -0.382 e. The molecule has 0 spiro atoms. The summed E-state index contributed by atoms with van der Waals surface area (Å²) < 4.78 is 2.32. The van der Waals surface area contributed by atoms with Crippen LogP contribution in [0.25, 0.3) is 16.8 Å². The summed E-state index contributed by atoms with van der Waals surface area (Å²) in [4.78, 5) is 14.2. The number of hydrogen-bond acceptors (Lipinski definition) is 5. The van der Waals surface area contributed by atoms with Crippen LogP contribution in [0, 0.1) is 10.1 Å². The third-order valence-corrected chi connectivity index (χ3v) is 3.62. The van der Waals surface area contributed by atoms with E-state index >= 15 is 0 Å². The summed E-state index contributed by atoms with van der Waals surface area (Å²) in [6.07, 6.45) is 3.24. The molecule has 0 fully saturated rings. The third-order valence-electron chi connectivity index (χ3n) is 2.87. The molecule has 0 aliphatic rings. The maximum Gasteiger partial charge on any atom is 0.269 e. The summed E-state index contributed by atoms with van der Waals surface area (Å²) in [5, 5.41) is 15.1. The second kappa shape index (κ2) is 4.57. The molecule has 0 bridgehead atoms. The first-order chi connectivity index (χ1) is 9.58. The van der Waals surface area contributed by atoms with Crippen molar-refractivity contribution in [1.82, 2.24) is 14.6 Å². The minimum absolute atomic E-state index is 0.0369. The lowest BCUT2D eigenvalue weighted by molar-refractivity contribution is -0.384. The predicted molar refractivity (Wildman–Crippen MR) is 77.2 cm³/mol. The molecule has 20 heavy (non-hydrogen) atoms. The number of nitro benzene ring substituents is 1. The molecule has 0 aliphatic heterocycles. The molecule has 0 amide bonds. The summed E-state index contributed by atoms with van der Waals surface area (Å²) in [7, 11) is 0. The summed E-state index contributed by atoms with van der Waals surface area (Å²) in [6, 6.07) is 6.17. The Balaban J connectivity index is 2.17. The fourth-order valence-electron chi connectivity index (χ4n) is 1.92. The lowest BCUT2D eigenvalue weighted by atomic mass is 10.1. The fourth-order valence-corrected chi connectivity index (χ4v) is 2.61. The topological polar surface area (TPSA) is 99.3 Å². The van der Waals surface area contributed by atoms with Crippen LogP contribution in [-0.4, -0.2) is 19.5 Å². The zero-order chi connectivity index (χ0) is 14.3. The maximum absolute atomic E-state index is 10.7. The average molecular weight is 334 g/mol. The number of anilines is 1. The SMILES string of the molecule is Nc1nccn2nc(-c3ccc([N+](=O)[O-])cc3)c(Br)c12. The number of halogens is 1. The number of rotatable bonds is 2. The van der Waals surface area contributed by atoms with E-state index in [0.29, 0.717) is 21.5 Å². The van der Waals surface area contributed by atoms with Crippen LogP contribution in [0.3, 0.4) is 0 Å². The molecule has 0 saturated heterocycles. The predicted octanol–water partition coefficient (Wildman–Crippen LogP) is 2.65. The van der Waals surface area contributed by atoms with Crippen molar-refractivity contribution in [2.75, 3.05) is 5.73 Å². The van der Waals surface area contributed by atoms with Gasteiger partial charge in [-0.25, -0.2) is 9.50 Å². The Morgan fingerprint density at radius 3 is 2.60 bits per heavy atom. The first kappa shape index (κ1) is 12.5. The van der Waals surface area contributed by atoms with Gasteiger partial charge in [-0.15, -0.1) is 0 Å². The molecule has 1 aromatic carbocycles. The van der Waals surface area contributed by atoms with E-state index < -0.39 is 4.92 Å². The highest BCUT2D eigenvalue weighted by atomic mass is 79.9. The highest BCUT2D eigenvalue weighted by Crippen LogP contribution is 2.33. The van der Waals surface area contributed by atoms with E-state index in [2.05, 4.69) is 26.0 Å². The molecule has 0 unspecified atom stereocenters. The highest BCUT2D eigenvalue weighted by molar-refractivity contribution is 9.10. The van der Waals surface area contributed by atoms with E-state index in [-0.39, 0.29) is 5.69 Å². The smallest absolute Gasteiger partial charge is 0.269 e. The maximum atomic E-state index is 10.7. The van der Waals surface area contributed by atoms with E-state index in [1.165, 1.54) is 12.1 Å². The van der Waals surface area contributed by atoms with Gasteiger partial charge in [0, 0.05) is 30.1 Å². The van der Waals surface area contributed by atoms with Gasteiger partial charge in [-0.2, -0.15) is 5.10 Å². The molecule has 2 N–H and O–H groups in total. The lowest BCUT2D eigenvalue weighted by Gasteiger charge is -1.97. The quantitative estimate of drug-likeness (QED) is 0.574. The molecule has 8 heteroatoms. The zero-order valence-corrected chi connectivity index (χ0v) is 11.6. The number of nitro groups is 1. The molecule has 7 nitrogen and oxygen atoms in total. The monoisotopic (exact) mass is 333 g/mol. The zero-order valence-electron chi connectivity index (χ0n) is 10.0. The van der Waals surface area contributed by atoms with Gasteiger partial charge in [0.25, 0.3) is 5.69 Å². The van der Waals surface area contributed by atoms with Crippen LogP contribution in [0.15, 0.2) is 41.1 Å². The van der Waals surface area contributed by atoms with Crippen molar-refractivity contribution in [3.8, 4) is 11.3 Å². The number of nitrogens with zero attached hydrogens (tertiary/aromatic N) is 4. The van der Waals surface area contributed by atoms with Gasteiger partial charge in [-0.1, -0.05) is 0 Å². The first-order valence-corrected chi connectivity index (χ1v) is 6.40. The normalized spacial score (nSPS) is 10.8. The van der Waals surface area contributed by atoms with Gasteiger partial charge in [0.15, 0.2) is 5.82 Å². The molecule has 0 aliphatic carbocycles. The van der Waals surface area contributed by atoms with Gasteiger partial charge in [0.1, 0.15) is 11.2 Å². The number of hydrogen-bond donors (Lipinski definition) is 1. The fraction of sp³-hybridized carbons (Fsp3) is 0. The van der Waals surface area contributed by atoms with Crippen molar-refractivity contribution in [2.45, 2.75) is 0 Å². The second-order valence-corrected chi connectivity index (χ2v) is 4.87. The van der Waals surface area contributed by atoms with Crippen LogP contribution in [0.5, 0.6) is 0 Å².